The number of rotatable bonds is 2. The number of carbonyl (C=O) groups is 2. The quantitative estimate of drug-likeness (QED) is 0.880. The lowest BCUT2D eigenvalue weighted by molar-refractivity contribution is -0.120. The number of pyridine rings is 1. The number of amides is 3. The number of aryl methyl sites for hydroxylation is 1. The molecule has 2 saturated heterocycles. The second-order valence-electron chi connectivity index (χ2n) is 6.46. The molecule has 4 heterocycles. The molecule has 0 aliphatic carbocycles. The molecular weight excluding hydrogens is 306 g/mol. The first-order chi connectivity index (χ1) is 11.6. The Labute approximate surface area is 140 Å². The number of piperidine rings is 1. The molecule has 2 N–H and O–H groups in total. The summed E-state index contributed by atoms with van der Waals surface area (Å²) < 4.78 is 2.30. The number of hydrogen-bond donors (Lipinski definition) is 2. The van der Waals surface area contributed by atoms with Crippen molar-refractivity contribution in [2.24, 2.45) is 0 Å². The van der Waals surface area contributed by atoms with Crippen LogP contribution in [-0.2, 0) is 4.79 Å². The average Bonchev–Trinajstić information content (AvgIpc) is 2.92. The van der Waals surface area contributed by atoms with Crippen LogP contribution in [0.5, 0.6) is 0 Å². The van der Waals surface area contributed by atoms with Gasteiger partial charge in [0.05, 0.1) is 5.69 Å². The van der Waals surface area contributed by atoms with E-state index in [2.05, 4.69) is 33.2 Å². The maximum atomic E-state index is 12.2. The van der Waals surface area contributed by atoms with E-state index in [0.717, 1.165) is 48.3 Å². The standard InChI is InChI=1S/C17H21N5O2/c1-11-10-13-14(21-9-5-15(23)20-17(21)24)4-8-19-16(13)22(11)12-2-6-18-7-3-12/h4,8,10,12,18H,2-3,5-7,9H2,1H3,(H,20,23,24). The zero-order valence-corrected chi connectivity index (χ0v) is 13.7. The van der Waals surface area contributed by atoms with E-state index in [0.29, 0.717) is 19.0 Å². The Bertz CT molecular complexity index is 807. The number of urea groups is 1. The molecule has 0 spiro atoms. The smallest absolute Gasteiger partial charge is 0.327 e. The molecule has 2 aliphatic rings. The van der Waals surface area contributed by atoms with Crippen molar-refractivity contribution in [2.75, 3.05) is 24.5 Å². The molecule has 3 amide bonds. The van der Waals surface area contributed by atoms with Gasteiger partial charge in [0.15, 0.2) is 0 Å². The fourth-order valence-corrected chi connectivity index (χ4v) is 3.78. The molecule has 126 valence electrons. The van der Waals surface area contributed by atoms with E-state index in [1.165, 1.54) is 0 Å². The first-order valence-corrected chi connectivity index (χ1v) is 8.44. The maximum Gasteiger partial charge on any atom is 0.328 e. The second-order valence-corrected chi connectivity index (χ2v) is 6.46. The van der Waals surface area contributed by atoms with Crippen LogP contribution in [0.1, 0.15) is 31.0 Å². The Morgan fingerprint density at radius 1 is 1.25 bits per heavy atom. The van der Waals surface area contributed by atoms with E-state index in [1.807, 2.05) is 6.07 Å². The van der Waals surface area contributed by atoms with E-state index in [1.54, 1.807) is 11.1 Å². The lowest BCUT2D eigenvalue weighted by Crippen LogP contribution is -2.49. The Kier molecular flexibility index (Phi) is 3.72. The van der Waals surface area contributed by atoms with Crippen molar-refractivity contribution in [3.05, 3.63) is 24.0 Å². The highest BCUT2D eigenvalue weighted by molar-refractivity contribution is 6.09. The van der Waals surface area contributed by atoms with Crippen LogP contribution in [0.15, 0.2) is 18.3 Å². The number of aromatic nitrogens is 2. The van der Waals surface area contributed by atoms with Gasteiger partial charge in [-0.15, -0.1) is 0 Å². The monoisotopic (exact) mass is 327 g/mol. The van der Waals surface area contributed by atoms with E-state index in [4.69, 9.17) is 0 Å². The maximum absolute atomic E-state index is 12.2. The van der Waals surface area contributed by atoms with Crippen molar-refractivity contribution in [1.29, 1.82) is 0 Å². The molecule has 0 aromatic carbocycles. The zero-order chi connectivity index (χ0) is 16.7. The molecule has 0 radical (unpaired) electrons. The number of fused-ring (bicyclic) bond motifs is 1. The fourth-order valence-electron chi connectivity index (χ4n) is 3.78. The topological polar surface area (TPSA) is 79.3 Å². The molecule has 0 saturated carbocycles. The third kappa shape index (κ3) is 2.45. The van der Waals surface area contributed by atoms with E-state index >= 15 is 0 Å². The normalized spacial score (nSPS) is 19.8. The van der Waals surface area contributed by atoms with Gasteiger partial charge in [-0.1, -0.05) is 0 Å². The molecule has 2 aliphatic heterocycles. The summed E-state index contributed by atoms with van der Waals surface area (Å²) in [6.07, 6.45) is 4.23. The number of carbonyl (C=O) groups excluding carboxylic acids is 2. The molecule has 0 atom stereocenters. The van der Waals surface area contributed by atoms with Gasteiger partial charge in [-0.2, -0.15) is 0 Å². The van der Waals surface area contributed by atoms with Gasteiger partial charge < -0.3 is 9.88 Å². The molecule has 0 unspecified atom stereocenters. The van der Waals surface area contributed by atoms with Crippen molar-refractivity contribution in [2.45, 2.75) is 32.2 Å². The fraction of sp³-hybridized carbons (Fsp3) is 0.471. The van der Waals surface area contributed by atoms with Crippen LogP contribution < -0.4 is 15.5 Å². The molecular formula is C17H21N5O2. The first-order valence-electron chi connectivity index (χ1n) is 8.44. The minimum Gasteiger partial charge on any atom is -0.327 e. The number of hydrogen-bond acceptors (Lipinski definition) is 4. The van der Waals surface area contributed by atoms with E-state index < -0.39 is 0 Å². The van der Waals surface area contributed by atoms with Gasteiger partial charge in [-0.25, -0.2) is 9.78 Å². The lowest BCUT2D eigenvalue weighted by Gasteiger charge is -2.28. The van der Waals surface area contributed by atoms with Gasteiger partial charge >= 0.3 is 6.03 Å². The molecule has 4 rings (SSSR count). The van der Waals surface area contributed by atoms with E-state index in [-0.39, 0.29) is 11.9 Å². The lowest BCUT2D eigenvalue weighted by atomic mass is 10.1. The summed E-state index contributed by atoms with van der Waals surface area (Å²) in [4.78, 5) is 29.8. The Morgan fingerprint density at radius 3 is 2.79 bits per heavy atom. The highest BCUT2D eigenvalue weighted by atomic mass is 16.2. The number of imide groups is 1. The predicted molar refractivity (Wildman–Crippen MR) is 91.1 cm³/mol. The van der Waals surface area contributed by atoms with Crippen LogP contribution in [0.4, 0.5) is 10.5 Å². The van der Waals surface area contributed by atoms with Crippen LogP contribution in [0.3, 0.4) is 0 Å². The van der Waals surface area contributed by atoms with Gasteiger partial charge in [-0.05, 0) is 45.0 Å². The van der Waals surface area contributed by atoms with Gasteiger partial charge in [0.2, 0.25) is 5.91 Å². The Hall–Kier alpha value is -2.41. The summed E-state index contributed by atoms with van der Waals surface area (Å²) in [6.45, 7) is 4.52. The molecule has 2 aromatic rings. The molecule has 24 heavy (non-hydrogen) atoms. The average molecular weight is 327 g/mol. The van der Waals surface area contributed by atoms with Crippen molar-refractivity contribution >= 4 is 28.7 Å². The van der Waals surface area contributed by atoms with Gasteiger partial charge in [0.25, 0.3) is 0 Å². The Morgan fingerprint density at radius 2 is 2.04 bits per heavy atom. The van der Waals surface area contributed by atoms with Crippen molar-refractivity contribution < 1.29 is 9.59 Å². The van der Waals surface area contributed by atoms with E-state index in [9.17, 15) is 9.59 Å². The van der Waals surface area contributed by atoms with Gasteiger partial charge in [0, 0.05) is 36.3 Å². The van der Waals surface area contributed by atoms with Crippen LogP contribution in [-0.4, -0.2) is 41.1 Å². The highest BCUT2D eigenvalue weighted by Crippen LogP contribution is 2.33. The number of nitrogens with one attached hydrogen (secondary N) is 2. The molecule has 2 aromatic heterocycles. The van der Waals surface area contributed by atoms with Gasteiger partial charge in [-0.3, -0.25) is 15.0 Å². The first kappa shape index (κ1) is 15.1. The zero-order valence-electron chi connectivity index (χ0n) is 13.7. The summed E-state index contributed by atoms with van der Waals surface area (Å²) in [5.74, 6) is -0.218. The summed E-state index contributed by atoms with van der Waals surface area (Å²) >= 11 is 0. The third-order valence-electron chi connectivity index (χ3n) is 4.93. The summed E-state index contributed by atoms with van der Waals surface area (Å²) in [5, 5.41) is 6.75. The summed E-state index contributed by atoms with van der Waals surface area (Å²) in [6, 6.07) is 4.03. The Balaban J connectivity index is 1.78. The van der Waals surface area contributed by atoms with Crippen molar-refractivity contribution in [3.8, 4) is 0 Å². The largest absolute Gasteiger partial charge is 0.328 e. The minimum absolute atomic E-state index is 0.218. The summed E-state index contributed by atoms with van der Waals surface area (Å²) in [5.41, 5.74) is 2.90. The van der Waals surface area contributed by atoms with Crippen molar-refractivity contribution in [3.63, 3.8) is 0 Å². The number of nitrogens with zero attached hydrogens (tertiary/aromatic N) is 3. The SMILES string of the molecule is Cc1cc2c(N3CCC(=O)NC3=O)ccnc2n1C1CCNCC1. The van der Waals surface area contributed by atoms with Crippen LogP contribution >= 0.6 is 0 Å². The molecule has 0 bridgehead atoms. The third-order valence-corrected chi connectivity index (χ3v) is 4.93. The van der Waals surface area contributed by atoms with Crippen molar-refractivity contribution in [1.82, 2.24) is 20.2 Å². The van der Waals surface area contributed by atoms with Gasteiger partial charge in [0.1, 0.15) is 5.65 Å². The van der Waals surface area contributed by atoms with Crippen LogP contribution in [0.2, 0.25) is 0 Å². The highest BCUT2D eigenvalue weighted by Gasteiger charge is 2.27. The predicted octanol–water partition coefficient (Wildman–Crippen LogP) is 1.72. The second kappa shape index (κ2) is 5.90. The minimum atomic E-state index is -0.356. The molecule has 7 nitrogen and oxygen atoms in total. The number of anilines is 1. The van der Waals surface area contributed by atoms with Crippen LogP contribution in [0, 0.1) is 6.92 Å². The molecule has 2 fully saturated rings. The molecule has 7 heteroatoms. The summed E-state index contributed by atoms with van der Waals surface area (Å²) in [7, 11) is 0. The van der Waals surface area contributed by atoms with Crippen LogP contribution in [0.25, 0.3) is 11.0 Å².